The third kappa shape index (κ3) is 5.67. The molecule has 2 aromatic carbocycles. The van der Waals surface area contributed by atoms with E-state index in [4.69, 9.17) is 16.3 Å². The highest BCUT2D eigenvalue weighted by molar-refractivity contribution is 7.91. The number of halogens is 1. The lowest BCUT2D eigenvalue weighted by Gasteiger charge is -2.28. The van der Waals surface area contributed by atoms with E-state index in [9.17, 15) is 13.2 Å². The summed E-state index contributed by atoms with van der Waals surface area (Å²) in [7, 11) is 0.806. The van der Waals surface area contributed by atoms with Crippen LogP contribution in [0.2, 0.25) is 5.02 Å². The minimum Gasteiger partial charge on any atom is -0.483 e. The maximum absolute atomic E-state index is 13.0. The van der Waals surface area contributed by atoms with Crippen molar-refractivity contribution in [3.63, 3.8) is 0 Å². The maximum Gasteiger partial charge on any atom is 0.261 e. The SMILES string of the molecule is Cc1cc(Cl)ccc1OCC(=O)N(Cc1ccc(N(C)C)cc1)[C@@H]1CCS(=O)(=O)C1. The zero-order valence-electron chi connectivity index (χ0n) is 17.5. The summed E-state index contributed by atoms with van der Waals surface area (Å²) in [6.45, 7) is 2.05. The van der Waals surface area contributed by atoms with Crippen molar-refractivity contribution in [1.29, 1.82) is 0 Å². The van der Waals surface area contributed by atoms with Crippen molar-refractivity contribution in [2.24, 2.45) is 0 Å². The molecule has 0 aliphatic carbocycles. The Bertz CT molecular complexity index is 1010. The third-order valence-corrected chi connectivity index (χ3v) is 7.25. The fourth-order valence-corrected chi connectivity index (χ4v) is 5.49. The van der Waals surface area contributed by atoms with Gasteiger partial charge >= 0.3 is 0 Å². The Balaban J connectivity index is 1.75. The lowest BCUT2D eigenvalue weighted by Crippen LogP contribution is -2.43. The average Bonchev–Trinajstić information content (AvgIpc) is 3.05. The molecule has 0 spiro atoms. The monoisotopic (exact) mass is 450 g/mol. The van der Waals surface area contributed by atoms with Crippen LogP contribution >= 0.6 is 11.6 Å². The molecular weight excluding hydrogens is 424 g/mol. The number of aryl methyl sites for hydroxylation is 1. The Morgan fingerprint density at radius 1 is 1.17 bits per heavy atom. The molecule has 1 amide bonds. The normalized spacial score (nSPS) is 17.5. The quantitative estimate of drug-likeness (QED) is 0.647. The molecule has 3 rings (SSSR count). The standard InChI is InChI=1S/C22H27ClN2O4S/c1-16-12-18(23)6-9-21(16)29-14-22(26)25(20-10-11-30(27,28)15-20)13-17-4-7-19(8-5-17)24(2)3/h4-9,12,20H,10-11,13-15H2,1-3H3/t20-/m1/s1. The molecule has 2 aromatic rings. The molecule has 30 heavy (non-hydrogen) atoms. The van der Waals surface area contributed by atoms with E-state index in [1.165, 1.54) is 0 Å². The second-order valence-corrected chi connectivity index (χ2v) is 10.5. The van der Waals surface area contributed by atoms with Gasteiger partial charge in [-0.15, -0.1) is 0 Å². The molecule has 0 radical (unpaired) electrons. The first-order chi connectivity index (χ1) is 14.1. The number of rotatable bonds is 7. The number of sulfone groups is 1. The van der Waals surface area contributed by atoms with E-state index in [1.807, 2.05) is 50.2 Å². The molecule has 1 saturated heterocycles. The first-order valence-corrected chi connectivity index (χ1v) is 12.0. The van der Waals surface area contributed by atoms with E-state index in [-0.39, 0.29) is 30.1 Å². The van der Waals surface area contributed by atoms with Crippen molar-refractivity contribution in [2.75, 3.05) is 37.1 Å². The topological polar surface area (TPSA) is 66.9 Å². The second-order valence-electron chi connectivity index (χ2n) is 7.84. The van der Waals surface area contributed by atoms with Crippen LogP contribution in [0.5, 0.6) is 5.75 Å². The third-order valence-electron chi connectivity index (χ3n) is 5.26. The van der Waals surface area contributed by atoms with Crippen molar-refractivity contribution >= 4 is 33.0 Å². The second kappa shape index (κ2) is 9.27. The fourth-order valence-electron chi connectivity index (χ4n) is 3.54. The van der Waals surface area contributed by atoms with E-state index < -0.39 is 9.84 Å². The summed E-state index contributed by atoms with van der Waals surface area (Å²) in [6, 6.07) is 12.8. The molecule has 0 unspecified atom stereocenters. The van der Waals surface area contributed by atoms with Gasteiger partial charge in [0.05, 0.1) is 11.5 Å². The molecule has 0 aromatic heterocycles. The zero-order chi connectivity index (χ0) is 21.9. The highest BCUT2D eigenvalue weighted by Gasteiger charge is 2.34. The van der Waals surface area contributed by atoms with Crippen LogP contribution in [0.15, 0.2) is 42.5 Å². The lowest BCUT2D eigenvalue weighted by molar-refractivity contribution is -0.136. The van der Waals surface area contributed by atoms with Crippen LogP contribution in [0.1, 0.15) is 17.5 Å². The summed E-state index contributed by atoms with van der Waals surface area (Å²) in [6.07, 6.45) is 0.448. The molecule has 162 valence electrons. The van der Waals surface area contributed by atoms with Crippen molar-refractivity contribution in [3.05, 3.63) is 58.6 Å². The largest absolute Gasteiger partial charge is 0.483 e. The minimum atomic E-state index is -3.12. The highest BCUT2D eigenvalue weighted by atomic mass is 35.5. The van der Waals surface area contributed by atoms with Gasteiger partial charge < -0.3 is 14.5 Å². The molecule has 1 heterocycles. The summed E-state index contributed by atoms with van der Waals surface area (Å²) in [5, 5.41) is 0.602. The number of hydrogen-bond donors (Lipinski definition) is 0. The summed E-state index contributed by atoms with van der Waals surface area (Å²) in [4.78, 5) is 16.7. The number of hydrogen-bond acceptors (Lipinski definition) is 5. The van der Waals surface area contributed by atoms with Crippen LogP contribution in [0.4, 0.5) is 5.69 Å². The Labute approximate surface area is 183 Å². The number of anilines is 1. The van der Waals surface area contributed by atoms with Gasteiger partial charge in [0, 0.05) is 37.4 Å². The van der Waals surface area contributed by atoms with Crippen molar-refractivity contribution < 1.29 is 17.9 Å². The van der Waals surface area contributed by atoms with Gasteiger partial charge in [0.1, 0.15) is 5.75 Å². The molecule has 6 nitrogen and oxygen atoms in total. The van der Waals surface area contributed by atoms with E-state index in [2.05, 4.69) is 0 Å². The van der Waals surface area contributed by atoms with E-state index in [1.54, 1.807) is 23.1 Å². The van der Waals surface area contributed by atoms with Gasteiger partial charge in [-0.3, -0.25) is 4.79 Å². The van der Waals surface area contributed by atoms with E-state index in [0.717, 1.165) is 16.8 Å². The predicted octanol–water partition coefficient (Wildman–Crippen LogP) is 3.31. The van der Waals surface area contributed by atoms with E-state index in [0.29, 0.717) is 23.7 Å². The summed E-state index contributed by atoms with van der Waals surface area (Å²) < 4.78 is 29.7. The Morgan fingerprint density at radius 2 is 1.87 bits per heavy atom. The van der Waals surface area contributed by atoms with E-state index >= 15 is 0 Å². The molecule has 0 N–H and O–H groups in total. The molecular formula is C22H27ClN2O4S. The number of carbonyl (C=O) groups excluding carboxylic acids is 1. The van der Waals surface area contributed by atoms with Crippen molar-refractivity contribution in [3.8, 4) is 5.75 Å². The first kappa shape index (κ1) is 22.4. The average molecular weight is 451 g/mol. The molecule has 0 saturated carbocycles. The Hall–Kier alpha value is -2.25. The van der Waals surface area contributed by atoms with Crippen LogP contribution in [0.3, 0.4) is 0 Å². The van der Waals surface area contributed by atoms with Gasteiger partial charge in [-0.25, -0.2) is 8.42 Å². The number of ether oxygens (including phenoxy) is 1. The maximum atomic E-state index is 13.0. The smallest absolute Gasteiger partial charge is 0.261 e. The number of benzene rings is 2. The van der Waals surface area contributed by atoms with Crippen LogP contribution in [0.25, 0.3) is 0 Å². The highest BCUT2D eigenvalue weighted by Crippen LogP contribution is 2.24. The van der Waals surface area contributed by atoms with Crippen LogP contribution in [0, 0.1) is 6.92 Å². The summed E-state index contributed by atoms with van der Waals surface area (Å²) in [5.74, 6) is 0.456. The van der Waals surface area contributed by atoms with Gasteiger partial charge in [-0.2, -0.15) is 0 Å². The van der Waals surface area contributed by atoms with Crippen molar-refractivity contribution in [1.82, 2.24) is 4.90 Å². The van der Waals surface area contributed by atoms with Gasteiger partial charge in [-0.05, 0) is 54.8 Å². The molecule has 8 heteroatoms. The Morgan fingerprint density at radius 3 is 2.43 bits per heavy atom. The zero-order valence-corrected chi connectivity index (χ0v) is 19.0. The lowest BCUT2D eigenvalue weighted by atomic mass is 10.1. The number of carbonyl (C=O) groups is 1. The van der Waals surface area contributed by atoms with Crippen LogP contribution in [-0.4, -0.2) is 57.5 Å². The van der Waals surface area contributed by atoms with Gasteiger partial charge in [-0.1, -0.05) is 23.7 Å². The molecule has 1 aliphatic heterocycles. The Kier molecular flexibility index (Phi) is 6.93. The van der Waals surface area contributed by atoms with Gasteiger partial charge in [0.25, 0.3) is 5.91 Å². The summed E-state index contributed by atoms with van der Waals surface area (Å²) in [5.41, 5.74) is 2.84. The summed E-state index contributed by atoms with van der Waals surface area (Å²) >= 11 is 5.97. The van der Waals surface area contributed by atoms with Gasteiger partial charge in [0.2, 0.25) is 0 Å². The van der Waals surface area contributed by atoms with Crippen molar-refractivity contribution in [2.45, 2.75) is 25.9 Å². The minimum absolute atomic E-state index is 0.00546. The predicted molar refractivity (Wildman–Crippen MR) is 120 cm³/mol. The number of nitrogens with zero attached hydrogens (tertiary/aromatic N) is 2. The van der Waals surface area contributed by atoms with Crippen LogP contribution in [-0.2, 0) is 21.2 Å². The van der Waals surface area contributed by atoms with Crippen LogP contribution < -0.4 is 9.64 Å². The molecule has 1 fully saturated rings. The molecule has 1 aliphatic rings. The fraction of sp³-hybridized carbons (Fsp3) is 0.409. The molecule has 1 atom stereocenters. The number of amides is 1. The van der Waals surface area contributed by atoms with Gasteiger partial charge in [0.15, 0.2) is 16.4 Å². The molecule has 0 bridgehead atoms. The first-order valence-electron chi connectivity index (χ1n) is 9.80.